The van der Waals surface area contributed by atoms with E-state index in [-0.39, 0.29) is 23.5 Å². The molecule has 0 aromatic rings. The van der Waals surface area contributed by atoms with E-state index in [1.807, 2.05) is 0 Å². The van der Waals surface area contributed by atoms with E-state index in [9.17, 15) is 9.59 Å². The van der Waals surface area contributed by atoms with Crippen molar-refractivity contribution >= 4 is 11.6 Å². The monoisotopic (exact) mass is 204 g/mol. The molecular weight excluding hydrogens is 192 g/mol. The Morgan fingerprint density at radius 1 is 1.27 bits per heavy atom. The third-order valence-electron chi connectivity index (χ3n) is 6.23. The molecule has 15 heavy (non-hydrogen) atoms. The van der Waals surface area contributed by atoms with Crippen LogP contribution in [-0.2, 0) is 14.3 Å². The average molecular weight is 204 g/mol. The van der Waals surface area contributed by atoms with Crippen LogP contribution in [0.1, 0.15) is 6.42 Å². The number of carbonyl (C=O) groups excluding carboxylic acids is 2. The molecule has 5 aliphatic carbocycles. The third-order valence-corrected chi connectivity index (χ3v) is 6.23. The number of carbonyl (C=O) groups is 2. The van der Waals surface area contributed by atoms with Gasteiger partial charge in [-0.05, 0) is 24.2 Å². The van der Waals surface area contributed by atoms with Crippen LogP contribution in [0.4, 0.5) is 0 Å². The summed E-state index contributed by atoms with van der Waals surface area (Å²) in [5.41, 5.74) is -0.640. The summed E-state index contributed by atoms with van der Waals surface area (Å²) in [7, 11) is 1.62. The maximum Gasteiger partial charge on any atom is 0.169 e. The molecule has 5 aliphatic rings. The number of methoxy groups -OCH3 is 1. The van der Waals surface area contributed by atoms with Crippen molar-refractivity contribution in [3.8, 4) is 0 Å². The Bertz CT molecular complexity index is 440. The molecular formula is C12H12O3. The van der Waals surface area contributed by atoms with E-state index in [0.29, 0.717) is 29.5 Å². The van der Waals surface area contributed by atoms with Gasteiger partial charge in [0.25, 0.3) is 0 Å². The highest BCUT2D eigenvalue weighted by molar-refractivity contribution is 6.10. The predicted octanol–water partition coefficient (Wildman–Crippen LogP) is 0.281. The first-order chi connectivity index (χ1) is 7.23. The average Bonchev–Trinajstić information content (AvgIpc) is 2.70. The first-order valence-electron chi connectivity index (χ1n) is 5.86. The van der Waals surface area contributed by atoms with Crippen molar-refractivity contribution in [2.75, 3.05) is 7.11 Å². The Morgan fingerprint density at radius 3 is 2.80 bits per heavy atom. The van der Waals surface area contributed by atoms with Crippen LogP contribution in [-0.4, -0.2) is 24.3 Å². The second kappa shape index (κ2) is 1.71. The van der Waals surface area contributed by atoms with E-state index in [4.69, 9.17) is 4.74 Å². The Morgan fingerprint density at radius 2 is 2.07 bits per heavy atom. The van der Waals surface area contributed by atoms with E-state index in [0.717, 1.165) is 6.42 Å². The SMILES string of the molecule is CO[C@@]12C(=O)[C@@H]3[C@H]4C[C@H]5[C@@H]3C(=O)[C@@H]1[C@H]5[C@H]42. The van der Waals surface area contributed by atoms with Gasteiger partial charge in [0.15, 0.2) is 5.78 Å². The van der Waals surface area contributed by atoms with E-state index in [2.05, 4.69) is 0 Å². The van der Waals surface area contributed by atoms with Crippen molar-refractivity contribution in [3.63, 3.8) is 0 Å². The minimum Gasteiger partial charge on any atom is -0.369 e. The molecule has 0 N–H and O–H groups in total. The lowest BCUT2D eigenvalue weighted by molar-refractivity contribution is -0.195. The summed E-state index contributed by atoms with van der Waals surface area (Å²) in [6, 6.07) is 0. The Balaban J connectivity index is 1.87. The van der Waals surface area contributed by atoms with Crippen LogP contribution in [0.25, 0.3) is 0 Å². The molecule has 78 valence electrons. The normalized spacial score (nSPS) is 70.9. The summed E-state index contributed by atoms with van der Waals surface area (Å²) in [4.78, 5) is 24.5. The summed E-state index contributed by atoms with van der Waals surface area (Å²) in [6.07, 6.45) is 1.13. The molecule has 0 unspecified atom stereocenters. The van der Waals surface area contributed by atoms with Gasteiger partial charge in [-0.2, -0.15) is 0 Å². The fourth-order valence-corrected chi connectivity index (χ4v) is 6.19. The van der Waals surface area contributed by atoms with Gasteiger partial charge in [0.1, 0.15) is 11.4 Å². The smallest absolute Gasteiger partial charge is 0.169 e. The number of ketones is 2. The molecule has 3 heteroatoms. The minimum atomic E-state index is -0.640. The molecule has 0 spiro atoms. The Labute approximate surface area is 87.2 Å². The van der Waals surface area contributed by atoms with Gasteiger partial charge in [0.2, 0.25) is 0 Å². The van der Waals surface area contributed by atoms with E-state index in [1.165, 1.54) is 0 Å². The highest BCUT2D eigenvalue weighted by Crippen LogP contribution is 2.82. The van der Waals surface area contributed by atoms with Gasteiger partial charge in [-0.3, -0.25) is 9.59 Å². The fourth-order valence-electron chi connectivity index (χ4n) is 6.19. The second-order valence-corrected chi connectivity index (χ2v) is 5.96. The Kier molecular flexibility index (Phi) is 0.861. The molecule has 0 saturated heterocycles. The molecule has 3 nitrogen and oxygen atoms in total. The maximum atomic E-state index is 12.3. The topological polar surface area (TPSA) is 43.4 Å². The minimum absolute atomic E-state index is 0.0428. The second-order valence-electron chi connectivity index (χ2n) is 5.96. The fraction of sp³-hybridized carbons (Fsp3) is 0.833. The zero-order valence-electron chi connectivity index (χ0n) is 8.47. The summed E-state index contributed by atoms with van der Waals surface area (Å²) in [5, 5.41) is 0. The van der Waals surface area contributed by atoms with Gasteiger partial charge in [-0.25, -0.2) is 0 Å². The molecule has 0 radical (unpaired) electrons. The molecule has 8 atom stereocenters. The van der Waals surface area contributed by atoms with Gasteiger partial charge in [-0.15, -0.1) is 0 Å². The number of ether oxygens (including phenoxy) is 1. The predicted molar refractivity (Wildman–Crippen MR) is 48.8 cm³/mol. The van der Waals surface area contributed by atoms with Crippen LogP contribution < -0.4 is 0 Å². The van der Waals surface area contributed by atoms with Crippen LogP contribution in [0.2, 0.25) is 0 Å². The lowest BCUT2D eigenvalue weighted by Crippen LogP contribution is -2.65. The largest absolute Gasteiger partial charge is 0.369 e. The van der Waals surface area contributed by atoms with Crippen LogP contribution >= 0.6 is 0 Å². The molecule has 0 aliphatic heterocycles. The van der Waals surface area contributed by atoms with Crippen molar-refractivity contribution in [3.05, 3.63) is 0 Å². The van der Waals surface area contributed by atoms with Crippen LogP contribution in [0, 0.1) is 41.4 Å². The molecule has 5 rings (SSSR count). The number of hydrogen-bond acceptors (Lipinski definition) is 3. The van der Waals surface area contributed by atoms with Crippen molar-refractivity contribution < 1.29 is 14.3 Å². The number of hydrogen-bond donors (Lipinski definition) is 0. The number of Topliss-reactive ketones (excluding diaryl/α,β-unsaturated/α-hetero) is 2. The molecule has 2 bridgehead atoms. The van der Waals surface area contributed by atoms with Crippen molar-refractivity contribution in [2.45, 2.75) is 12.0 Å². The summed E-state index contributed by atoms with van der Waals surface area (Å²) >= 11 is 0. The van der Waals surface area contributed by atoms with Gasteiger partial charge < -0.3 is 4.74 Å². The van der Waals surface area contributed by atoms with Crippen LogP contribution in [0.5, 0.6) is 0 Å². The first kappa shape index (κ1) is 7.55. The van der Waals surface area contributed by atoms with E-state index < -0.39 is 5.60 Å². The molecule has 0 aromatic heterocycles. The summed E-state index contributed by atoms with van der Waals surface area (Å²) in [6.45, 7) is 0. The molecule has 5 fully saturated rings. The molecule has 0 aromatic carbocycles. The number of fused-ring (bicyclic) bond motifs is 2. The van der Waals surface area contributed by atoms with Crippen molar-refractivity contribution in [2.24, 2.45) is 41.4 Å². The third kappa shape index (κ3) is 0.411. The Hall–Kier alpha value is -0.700. The van der Waals surface area contributed by atoms with E-state index in [1.54, 1.807) is 7.11 Å². The van der Waals surface area contributed by atoms with Gasteiger partial charge in [0.05, 0.1) is 5.92 Å². The van der Waals surface area contributed by atoms with Crippen LogP contribution in [0.3, 0.4) is 0 Å². The zero-order valence-corrected chi connectivity index (χ0v) is 8.47. The lowest BCUT2D eigenvalue weighted by atomic mass is 9.55. The zero-order chi connectivity index (χ0) is 10.1. The van der Waals surface area contributed by atoms with Crippen LogP contribution in [0.15, 0.2) is 0 Å². The number of rotatable bonds is 1. The highest BCUT2D eigenvalue weighted by Gasteiger charge is 2.91. The first-order valence-corrected chi connectivity index (χ1v) is 5.86. The van der Waals surface area contributed by atoms with Gasteiger partial charge in [-0.1, -0.05) is 0 Å². The quantitative estimate of drug-likeness (QED) is 0.616. The molecule has 0 heterocycles. The summed E-state index contributed by atoms with van der Waals surface area (Å²) < 4.78 is 5.54. The van der Waals surface area contributed by atoms with Crippen molar-refractivity contribution in [1.82, 2.24) is 0 Å². The molecule has 5 saturated carbocycles. The van der Waals surface area contributed by atoms with Gasteiger partial charge >= 0.3 is 0 Å². The lowest BCUT2D eigenvalue weighted by Gasteiger charge is -2.52. The highest BCUT2D eigenvalue weighted by atomic mass is 16.5. The van der Waals surface area contributed by atoms with Gasteiger partial charge in [0, 0.05) is 24.9 Å². The maximum absolute atomic E-state index is 12.3. The summed E-state index contributed by atoms with van der Waals surface area (Å²) in [5.74, 6) is 2.77. The van der Waals surface area contributed by atoms with E-state index >= 15 is 0 Å². The molecule has 0 amide bonds. The standard InChI is InChI=1S/C12H12O3/c1-15-12-8-4-2-3-5(6(4)11(12)14)10(13)9(12)7(3)8/h3-9H,2H2,1H3/t3-,4+,5-,6+,7+,8-,9-,12+/m0/s1. The van der Waals surface area contributed by atoms with Crippen molar-refractivity contribution in [1.29, 1.82) is 0 Å².